The quantitative estimate of drug-likeness (QED) is 0.771. The lowest BCUT2D eigenvalue weighted by molar-refractivity contribution is 0.122. The normalized spacial score (nSPS) is 20.7. The summed E-state index contributed by atoms with van der Waals surface area (Å²) in [4.78, 5) is 7.65. The van der Waals surface area contributed by atoms with Crippen molar-refractivity contribution in [1.82, 2.24) is 4.90 Å². The second-order valence-corrected chi connectivity index (χ2v) is 8.60. The highest BCUT2D eigenvalue weighted by atomic mass is 35.5. The van der Waals surface area contributed by atoms with Gasteiger partial charge in [0.05, 0.1) is 6.54 Å². The summed E-state index contributed by atoms with van der Waals surface area (Å²) in [6.45, 7) is 7.53. The molecule has 0 saturated carbocycles. The Morgan fingerprint density at radius 1 is 1.11 bits per heavy atom. The molecule has 0 unspecified atom stereocenters. The molecular weight excluding hydrogens is 354 g/mol. The largest absolute Gasteiger partial charge is 0.343 e. The van der Waals surface area contributed by atoms with Crippen molar-refractivity contribution in [3.8, 4) is 0 Å². The zero-order valence-electron chi connectivity index (χ0n) is 16.2. The van der Waals surface area contributed by atoms with E-state index < -0.39 is 0 Å². The van der Waals surface area contributed by atoms with Gasteiger partial charge in [-0.15, -0.1) is 0 Å². The molecule has 2 aromatic rings. The van der Waals surface area contributed by atoms with Crippen LogP contribution in [0.2, 0.25) is 5.02 Å². The molecule has 1 N–H and O–H groups in total. The molecule has 2 aromatic carbocycles. The summed E-state index contributed by atoms with van der Waals surface area (Å²) in [7, 11) is 0. The Hall–Kier alpha value is -1.84. The molecule has 4 heteroatoms. The number of rotatable bonds is 3. The summed E-state index contributed by atoms with van der Waals surface area (Å²) in [6, 6.07) is 17.3. The van der Waals surface area contributed by atoms with Crippen LogP contribution in [0.15, 0.2) is 53.5 Å². The van der Waals surface area contributed by atoms with Crippen LogP contribution in [-0.4, -0.2) is 29.9 Å². The highest BCUT2D eigenvalue weighted by molar-refractivity contribution is 6.30. The lowest BCUT2D eigenvalue weighted by Crippen LogP contribution is -2.51. The zero-order chi connectivity index (χ0) is 18.9. The third-order valence-corrected chi connectivity index (χ3v) is 6.33. The number of nitrogens with one attached hydrogen (secondary N) is 1. The Morgan fingerprint density at radius 2 is 1.89 bits per heavy atom. The molecule has 27 heavy (non-hydrogen) atoms. The Morgan fingerprint density at radius 3 is 2.63 bits per heavy atom. The first-order valence-corrected chi connectivity index (χ1v) is 10.3. The molecule has 2 aliphatic heterocycles. The smallest absolute Gasteiger partial charge is 0.108 e. The van der Waals surface area contributed by atoms with E-state index >= 15 is 0 Å². The molecule has 1 fully saturated rings. The summed E-state index contributed by atoms with van der Waals surface area (Å²) < 4.78 is 0. The Balaban J connectivity index is 1.63. The van der Waals surface area contributed by atoms with Gasteiger partial charge in [0.1, 0.15) is 5.84 Å². The van der Waals surface area contributed by atoms with E-state index in [0.717, 1.165) is 48.8 Å². The van der Waals surface area contributed by atoms with Crippen LogP contribution in [-0.2, 0) is 13.0 Å². The zero-order valence-corrected chi connectivity index (χ0v) is 17.0. The third-order valence-electron chi connectivity index (χ3n) is 6.10. The maximum atomic E-state index is 6.15. The second kappa shape index (κ2) is 7.65. The first-order valence-electron chi connectivity index (χ1n) is 9.94. The fraction of sp³-hybridized carbons (Fsp3) is 0.435. The highest BCUT2D eigenvalue weighted by Gasteiger charge is 2.42. The highest BCUT2D eigenvalue weighted by Crippen LogP contribution is 2.42. The Kier molecular flexibility index (Phi) is 5.25. The van der Waals surface area contributed by atoms with E-state index in [0.29, 0.717) is 12.6 Å². The number of anilines is 1. The van der Waals surface area contributed by atoms with E-state index in [4.69, 9.17) is 16.6 Å². The minimum atomic E-state index is 0.123. The second-order valence-electron chi connectivity index (χ2n) is 8.16. The van der Waals surface area contributed by atoms with Crippen molar-refractivity contribution in [1.29, 1.82) is 0 Å². The number of aliphatic imine (C=N–C) groups is 1. The minimum absolute atomic E-state index is 0.123. The number of halogens is 1. The van der Waals surface area contributed by atoms with E-state index in [9.17, 15) is 0 Å². The predicted octanol–water partition coefficient (Wildman–Crippen LogP) is 5.40. The lowest BCUT2D eigenvalue weighted by Gasteiger charge is -2.46. The van der Waals surface area contributed by atoms with Crippen LogP contribution in [0, 0.1) is 5.41 Å². The number of benzene rings is 2. The van der Waals surface area contributed by atoms with Gasteiger partial charge >= 0.3 is 0 Å². The summed E-state index contributed by atoms with van der Waals surface area (Å²) in [6.07, 6.45) is 3.39. The molecular formula is C23H28ClN3. The number of hydrogen-bond acceptors (Lipinski definition) is 2. The number of likely N-dealkylation sites (tertiary alicyclic amines) is 1. The molecule has 0 aromatic heterocycles. The van der Waals surface area contributed by atoms with Crippen molar-refractivity contribution < 1.29 is 0 Å². The molecule has 4 rings (SSSR count). The molecule has 0 aliphatic carbocycles. The van der Waals surface area contributed by atoms with E-state index in [2.05, 4.69) is 54.4 Å². The van der Waals surface area contributed by atoms with Crippen LogP contribution in [0.1, 0.15) is 37.8 Å². The number of piperidine rings is 1. The van der Waals surface area contributed by atoms with Crippen LogP contribution < -0.4 is 5.32 Å². The fourth-order valence-corrected chi connectivity index (χ4v) is 4.61. The van der Waals surface area contributed by atoms with Gasteiger partial charge in [0.25, 0.3) is 0 Å². The topological polar surface area (TPSA) is 27.6 Å². The molecule has 1 saturated heterocycles. The predicted molar refractivity (Wildman–Crippen MR) is 115 cm³/mol. The SMILES string of the molecule is CC(C)N1CCC2(CC1)Cc1ccccc1NC2=NCc1cccc(Cl)c1. The van der Waals surface area contributed by atoms with Gasteiger partial charge in [-0.3, -0.25) is 4.99 Å². The van der Waals surface area contributed by atoms with Gasteiger partial charge in [-0.25, -0.2) is 0 Å². The van der Waals surface area contributed by atoms with Gasteiger partial charge in [0.2, 0.25) is 0 Å². The van der Waals surface area contributed by atoms with Crippen molar-refractivity contribution in [2.45, 2.75) is 45.7 Å². The van der Waals surface area contributed by atoms with Crippen molar-refractivity contribution >= 4 is 23.1 Å². The third kappa shape index (κ3) is 3.90. The molecule has 0 radical (unpaired) electrons. The van der Waals surface area contributed by atoms with Crippen molar-refractivity contribution in [3.05, 3.63) is 64.7 Å². The number of para-hydroxylation sites is 1. The Bertz CT molecular complexity index is 835. The van der Waals surface area contributed by atoms with Crippen molar-refractivity contribution in [2.75, 3.05) is 18.4 Å². The number of hydrogen-bond donors (Lipinski definition) is 1. The number of amidine groups is 1. The average Bonchev–Trinajstić information content (AvgIpc) is 2.67. The van der Waals surface area contributed by atoms with Gasteiger partial charge in [-0.2, -0.15) is 0 Å². The van der Waals surface area contributed by atoms with E-state index in [1.54, 1.807) is 0 Å². The molecule has 2 heterocycles. The molecule has 3 nitrogen and oxygen atoms in total. The summed E-state index contributed by atoms with van der Waals surface area (Å²) >= 11 is 6.15. The molecule has 0 atom stereocenters. The molecule has 2 aliphatic rings. The standard InChI is InChI=1S/C23H28ClN3/c1-17(2)27-12-10-23(11-13-27)15-19-7-3-4-9-21(19)26-22(23)25-16-18-6-5-8-20(24)14-18/h3-9,14,17H,10-13,15-16H2,1-2H3,(H,25,26). The van der Waals surface area contributed by atoms with Crippen molar-refractivity contribution in [2.24, 2.45) is 10.4 Å². The van der Waals surface area contributed by atoms with E-state index in [1.165, 1.54) is 11.3 Å². The molecule has 0 amide bonds. The first kappa shape index (κ1) is 18.5. The Labute approximate surface area is 167 Å². The summed E-state index contributed by atoms with van der Waals surface area (Å²) in [5.41, 5.74) is 3.90. The van der Waals surface area contributed by atoms with Crippen LogP contribution in [0.3, 0.4) is 0 Å². The maximum Gasteiger partial charge on any atom is 0.108 e. The molecule has 142 valence electrons. The molecule has 0 bridgehead atoms. The van der Waals surface area contributed by atoms with Gasteiger partial charge < -0.3 is 10.2 Å². The van der Waals surface area contributed by atoms with Gasteiger partial charge in [0.15, 0.2) is 0 Å². The van der Waals surface area contributed by atoms with Crippen LogP contribution >= 0.6 is 11.6 Å². The van der Waals surface area contributed by atoms with Crippen LogP contribution in [0.5, 0.6) is 0 Å². The fourth-order valence-electron chi connectivity index (χ4n) is 4.40. The summed E-state index contributed by atoms with van der Waals surface area (Å²) in [5.74, 6) is 1.16. The molecule has 1 spiro atoms. The minimum Gasteiger partial charge on any atom is -0.343 e. The van der Waals surface area contributed by atoms with Gasteiger partial charge in [0, 0.05) is 22.2 Å². The number of nitrogens with zero attached hydrogens (tertiary/aromatic N) is 2. The monoisotopic (exact) mass is 381 g/mol. The van der Waals surface area contributed by atoms with Crippen LogP contribution in [0.25, 0.3) is 0 Å². The van der Waals surface area contributed by atoms with E-state index in [-0.39, 0.29) is 5.41 Å². The van der Waals surface area contributed by atoms with Gasteiger partial charge in [-0.1, -0.05) is 41.9 Å². The first-order chi connectivity index (χ1) is 13.1. The summed E-state index contributed by atoms with van der Waals surface area (Å²) in [5, 5.41) is 4.46. The van der Waals surface area contributed by atoms with Crippen LogP contribution in [0.4, 0.5) is 5.69 Å². The lowest BCUT2D eigenvalue weighted by atomic mass is 9.70. The number of fused-ring (bicyclic) bond motifs is 1. The van der Waals surface area contributed by atoms with Crippen molar-refractivity contribution in [3.63, 3.8) is 0 Å². The maximum absolute atomic E-state index is 6.15. The average molecular weight is 382 g/mol. The van der Waals surface area contributed by atoms with E-state index in [1.807, 2.05) is 18.2 Å². The van der Waals surface area contributed by atoms with Gasteiger partial charge in [-0.05, 0) is 75.5 Å².